The Kier molecular flexibility index (Phi) is 5.66. The van der Waals surface area contributed by atoms with Crippen LogP contribution in [0.25, 0.3) is 20.7 Å². The van der Waals surface area contributed by atoms with Gasteiger partial charge in [-0.3, -0.25) is 9.59 Å². The molecule has 4 fully saturated rings. The van der Waals surface area contributed by atoms with Crippen LogP contribution < -0.4 is 10.9 Å². The minimum absolute atomic E-state index is 0.0971. The van der Waals surface area contributed by atoms with Crippen molar-refractivity contribution >= 4 is 50.6 Å². The fourth-order valence-corrected chi connectivity index (χ4v) is 9.54. The number of rotatable bonds is 7. The Balaban J connectivity index is 1.07. The first kappa shape index (κ1) is 21.9. The molecule has 8 heteroatoms. The van der Waals surface area contributed by atoms with Crippen molar-refractivity contribution < 1.29 is 4.79 Å². The molecule has 0 radical (unpaired) electrons. The van der Waals surface area contributed by atoms with Crippen molar-refractivity contribution in [3.05, 3.63) is 39.1 Å². The zero-order chi connectivity index (χ0) is 22.6. The zero-order valence-corrected chi connectivity index (χ0v) is 21.2. The summed E-state index contributed by atoms with van der Waals surface area (Å²) in [5.41, 5.74) is 1.18. The van der Waals surface area contributed by atoms with E-state index in [4.69, 9.17) is 0 Å². The molecule has 0 aromatic carbocycles. The van der Waals surface area contributed by atoms with E-state index < -0.39 is 0 Å². The van der Waals surface area contributed by atoms with E-state index in [0.29, 0.717) is 28.1 Å². The summed E-state index contributed by atoms with van der Waals surface area (Å²) in [5.74, 6) is 4.32. The van der Waals surface area contributed by atoms with E-state index in [1.807, 2.05) is 22.9 Å². The summed E-state index contributed by atoms with van der Waals surface area (Å²) in [4.78, 5) is 34.9. The summed E-state index contributed by atoms with van der Waals surface area (Å²) >= 11 is 4.65. The molecule has 4 bridgehead atoms. The molecule has 2 N–H and O–H groups in total. The summed E-state index contributed by atoms with van der Waals surface area (Å²) in [6.07, 6.45) is 8.16. The maximum atomic E-state index is 12.8. The number of amides is 1. The predicted octanol–water partition coefficient (Wildman–Crippen LogP) is 5.67. The molecule has 33 heavy (non-hydrogen) atoms. The molecule has 0 unspecified atom stereocenters. The van der Waals surface area contributed by atoms with Gasteiger partial charge in [0.25, 0.3) is 5.56 Å². The van der Waals surface area contributed by atoms with Gasteiger partial charge >= 0.3 is 0 Å². The summed E-state index contributed by atoms with van der Waals surface area (Å²) < 4.78 is 0. The van der Waals surface area contributed by atoms with Gasteiger partial charge in [-0.1, -0.05) is 6.07 Å². The quantitative estimate of drug-likeness (QED) is 0.439. The van der Waals surface area contributed by atoms with Gasteiger partial charge in [-0.05, 0) is 80.1 Å². The Morgan fingerprint density at radius 3 is 2.64 bits per heavy atom. The standard InChI is InChI=1S/C25H29N3O2S3/c1-14(25-8-15-5-16(9-25)7-17(6-15)10-25)26-21(29)13-31-12-20-27-23(30)22-18(11-33-24(22)28-20)19-3-2-4-32-19/h2-4,11,14-17H,5-10,12-13H2,1H3,(H,26,29)(H,27,28,30)/t14-,15?,16?,17?,25?/m0/s1. The van der Waals surface area contributed by atoms with Gasteiger partial charge in [0.1, 0.15) is 10.7 Å². The Morgan fingerprint density at radius 1 is 1.24 bits per heavy atom. The molecule has 1 amide bonds. The highest BCUT2D eigenvalue weighted by atomic mass is 32.2. The van der Waals surface area contributed by atoms with Crippen molar-refractivity contribution in [1.29, 1.82) is 0 Å². The number of hydrogen-bond donors (Lipinski definition) is 2. The molecule has 0 spiro atoms. The Hall–Kier alpha value is -1.64. The summed E-state index contributed by atoms with van der Waals surface area (Å²) in [7, 11) is 0. The van der Waals surface area contributed by atoms with Crippen molar-refractivity contribution in [2.45, 2.75) is 57.2 Å². The van der Waals surface area contributed by atoms with Crippen LogP contribution >= 0.6 is 34.4 Å². The van der Waals surface area contributed by atoms with Crippen LogP contribution in [0.4, 0.5) is 0 Å². The third-order valence-electron chi connectivity index (χ3n) is 8.13. The van der Waals surface area contributed by atoms with Gasteiger partial charge in [0, 0.05) is 21.9 Å². The SMILES string of the molecule is C[C@H](NC(=O)CSCc1nc2scc(-c3cccs3)c2c(=O)[nH]1)C12CC3CC(CC(C3)C1)C2. The average Bonchev–Trinajstić information content (AvgIpc) is 3.42. The molecule has 0 saturated heterocycles. The van der Waals surface area contributed by atoms with Crippen LogP contribution in [0.5, 0.6) is 0 Å². The molecule has 3 aromatic rings. The van der Waals surface area contributed by atoms with E-state index in [9.17, 15) is 9.59 Å². The molecule has 7 rings (SSSR count). The predicted molar refractivity (Wildman–Crippen MR) is 138 cm³/mol. The topological polar surface area (TPSA) is 74.8 Å². The van der Waals surface area contributed by atoms with Crippen molar-refractivity contribution in [3.63, 3.8) is 0 Å². The van der Waals surface area contributed by atoms with Crippen LogP contribution in [0, 0.1) is 23.2 Å². The molecule has 1 atom stereocenters. The number of H-pyrrole nitrogens is 1. The summed E-state index contributed by atoms with van der Waals surface area (Å²) in [5, 5.41) is 8.02. The molecule has 0 aliphatic heterocycles. The Morgan fingerprint density at radius 2 is 1.97 bits per heavy atom. The van der Waals surface area contributed by atoms with Crippen molar-refractivity contribution in [3.8, 4) is 10.4 Å². The molecule has 174 valence electrons. The van der Waals surface area contributed by atoms with E-state index in [1.54, 1.807) is 11.3 Å². The number of thiophene rings is 2. The normalized spacial score (nSPS) is 28.9. The van der Waals surface area contributed by atoms with Crippen LogP contribution in [0.3, 0.4) is 0 Å². The molecule has 3 heterocycles. The van der Waals surface area contributed by atoms with Crippen molar-refractivity contribution in [1.82, 2.24) is 15.3 Å². The average molecular weight is 500 g/mol. The first-order valence-electron chi connectivity index (χ1n) is 11.9. The van der Waals surface area contributed by atoms with Crippen LogP contribution in [0.1, 0.15) is 51.3 Å². The van der Waals surface area contributed by atoms with Gasteiger partial charge in [0.05, 0.1) is 16.9 Å². The number of thioether (sulfide) groups is 1. The minimum atomic E-state index is -0.0971. The number of hydrogen-bond acceptors (Lipinski definition) is 6. The number of carbonyl (C=O) groups is 1. The largest absolute Gasteiger partial charge is 0.352 e. The first-order valence-corrected chi connectivity index (χ1v) is 14.8. The van der Waals surface area contributed by atoms with Crippen LogP contribution in [-0.2, 0) is 10.5 Å². The third kappa shape index (κ3) is 4.08. The van der Waals surface area contributed by atoms with Gasteiger partial charge in [0.2, 0.25) is 5.91 Å². The molecule has 4 aliphatic carbocycles. The lowest BCUT2D eigenvalue weighted by Crippen LogP contribution is -2.56. The first-order chi connectivity index (χ1) is 16.0. The van der Waals surface area contributed by atoms with E-state index >= 15 is 0 Å². The van der Waals surface area contributed by atoms with Gasteiger partial charge in [-0.15, -0.1) is 34.4 Å². The smallest absolute Gasteiger partial charge is 0.260 e. The zero-order valence-electron chi connectivity index (χ0n) is 18.8. The molecular formula is C25H29N3O2S3. The Labute approximate surface area is 205 Å². The number of nitrogens with zero attached hydrogens (tertiary/aromatic N) is 1. The molecular weight excluding hydrogens is 470 g/mol. The number of fused-ring (bicyclic) bond motifs is 1. The third-order valence-corrected chi connectivity index (χ3v) is 10.9. The lowest BCUT2D eigenvalue weighted by molar-refractivity contribution is -0.123. The second-order valence-corrected chi connectivity index (χ2v) is 13.2. The van der Waals surface area contributed by atoms with E-state index in [2.05, 4.69) is 22.2 Å². The number of carbonyl (C=O) groups excluding carboxylic acids is 1. The van der Waals surface area contributed by atoms with Crippen molar-refractivity contribution in [2.75, 3.05) is 5.75 Å². The van der Waals surface area contributed by atoms with Crippen LogP contribution in [-0.4, -0.2) is 27.7 Å². The van der Waals surface area contributed by atoms with E-state index in [1.165, 1.54) is 61.6 Å². The minimum Gasteiger partial charge on any atom is -0.352 e. The molecule has 5 nitrogen and oxygen atoms in total. The lowest BCUT2D eigenvalue weighted by atomic mass is 9.48. The fourth-order valence-electron chi connectivity index (χ4n) is 7.06. The van der Waals surface area contributed by atoms with Crippen LogP contribution in [0.2, 0.25) is 0 Å². The molecule has 3 aromatic heterocycles. The monoisotopic (exact) mass is 499 g/mol. The maximum absolute atomic E-state index is 12.8. The second-order valence-electron chi connectivity index (χ2n) is 10.4. The highest BCUT2D eigenvalue weighted by Crippen LogP contribution is 2.61. The van der Waals surface area contributed by atoms with Gasteiger partial charge < -0.3 is 10.3 Å². The maximum Gasteiger partial charge on any atom is 0.260 e. The number of aromatic nitrogens is 2. The van der Waals surface area contributed by atoms with Gasteiger partial charge in [-0.2, -0.15) is 0 Å². The van der Waals surface area contributed by atoms with Gasteiger partial charge in [-0.25, -0.2) is 4.98 Å². The van der Waals surface area contributed by atoms with Crippen molar-refractivity contribution in [2.24, 2.45) is 23.2 Å². The Bertz CT molecular complexity index is 1190. The van der Waals surface area contributed by atoms with E-state index in [0.717, 1.165) is 33.0 Å². The van der Waals surface area contributed by atoms with E-state index in [-0.39, 0.29) is 17.5 Å². The summed E-state index contributed by atoms with van der Waals surface area (Å²) in [6, 6.07) is 4.26. The number of aromatic amines is 1. The fraction of sp³-hybridized carbons (Fsp3) is 0.560. The second kappa shape index (κ2) is 8.54. The number of nitrogens with one attached hydrogen (secondary N) is 2. The summed E-state index contributed by atoms with van der Waals surface area (Å²) in [6.45, 7) is 2.23. The molecule has 4 saturated carbocycles. The molecule has 4 aliphatic rings. The highest BCUT2D eigenvalue weighted by Gasteiger charge is 2.53. The van der Waals surface area contributed by atoms with Gasteiger partial charge in [0.15, 0.2) is 0 Å². The lowest BCUT2D eigenvalue weighted by Gasteiger charge is -2.59. The highest BCUT2D eigenvalue weighted by molar-refractivity contribution is 7.99. The van der Waals surface area contributed by atoms with Crippen LogP contribution in [0.15, 0.2) is 27.7 Å².